The smallest absolute Gasteiger partial charge is 0.308 e. The summed E-state index contributed by atoms with van der Waals surface area (Å²) in [6, 6.07) is 10.2. The van der Waals surface area contributed by atoms with E-state index in [2.05, 4.69) is 12.1 Å². The lowest BCUT2D eigenvalue weighted by atomic mass is 10.2. The third kappa shape index (κ3) is 6.20. The second-order valence-electron chi connectivity index (χ2n) is 5.39. The van der Waals surface area contributed by atoms with E-state index in [9.17, 15) is 4.79 Å². The molecule has 0 spiro atoms. The molecule has 0 atom stereocenters. The van der Waals surface area contributed by atoms with Crippen LogP contribution in [0, 0.1) is 5.92 Å². The molecule has 3 heteroatoms. The van der Waals surface area contributed by atoms with E-state index >= 15 is 0 Å². The maximum Gasteiger partial charge on any atom is 0.308 e. The van der Waals surface area contributed by atoms with E-state index in [0.29, 0.717) is 13.2 Å². The largest absolute Gasteiger partial charge is 0.465 e. The number of unbranched alkanes of at least 4 members (excludes halogenated alkanes) is 3. The predicted octanol–water partition coefficient (Wildman–Crippen LogP) is 3.72. The van der Waals surface area contributed by atoms with Gasteiger partial charge in [0.25, 0.3) is 0 Å². The van der Waals surface area contributed by atoms with Crippen LogP contribution in [0.5, 0.6) is 0 Å². The monoisotopic (exact) mass is 276 g/mol. The first kappa shape index (κ1) is 15.0. The quantitative estimate of drug-likeness (QED) is 0.482. The minimum atomic E-state index is 0.0104. The molecule has 0 radical (unpaired) electrons. The zero-order valence-electron chi connectivity index (χ0n) is 12.1. The van der Waals surface area contributed by atoms with E-state index < -0.39 is 0 Å². The molecule has 0 amide bonds. The number of carbonyl (C=O) groups excluding carboxylic acids is 1. The van der Waals surface area contributed by atoms with Gasteiger partial charge in [-0.15, -0.1) is 0 Å². The Kier molecular flexibility index (Phi) is 6.58. The molecule has 0 unspecified atom stereocenters. The maximum absolute atomic E-state index is 11.3. The summed E-state index contributed by atoms with van der Waals surface area (Å²) in [6.45, 7) is 2.08. The van der Waals surface area contributed by atoms with Crippen molar-refractivity contribution in [3.8, 4) is 0 Å². The Balaban J connectivity index is 1.36. The molecule has 3 nitrogen and oxygen atoms in total. The highest BCUT2D eigenvalue weighted by molar-refractivity contribution is 5.74. The molecule has 1 aromatic rings. The number of hydrogen-bond acceptors (Lipinski definition) is 3. The van der Waals surface area contributed by atoms with Crippen molar-refractivity contribution in [1.29, 1.82) is 0 Å². The number of rotatable bonds is 10. The van der Waals surface area contributed by atoms with Crippen LogP contribution in [-0.2, 0) is 20.9 Å². The van der Waals surface area contributed by atoms with Crippen LogP contribution in [0.15, 0.2) is 30.3 Å². The van der Waals surface area contributed by atoms with Gasteiger partial charge in [-0.2, -0.15) is 0 Å². The van der Waals surface area contributed by atoms with Crippen LogP contribution in [0.4, 0.5) is 0 Å². The SMILES string of the molecule is O=C(OCCCCCCOCc1ccccc1)C1CC1. The zero-order valence-corrected chi connectivity index (χ0v) is 12.1. The third-order valence-corrected chi connectivity index (χ3v) is 3.45. The first-order valence-electron chi connectivity index (χ1n) is 7.64. The average Bonchev–Trinajstić information content (AvgIpc) is 3.31. The maximum atomic E-state index is 11.3. The summed E-state index contributed by atoms with van der Waals surface area (Å²) in [5.74, 6) is 0.234. The van der Waals surface area contributed by atoms with Gasteiger partial charge in [0.05, 0.1) is 19.1 Å². The van der Waals surface area contributed by atoms with Crippen molar-refractivity contribution < 1.29 is 14.3 Å². The molecular formula is C17H24O3. The van der Waals surface area contributed by atoms with Gasteiger partial charge in [0.2, 0.25) is 0 Å². The van der Waals surface area contributed by atoms with Crippen molar-refractivity contribution in [3.05, 3.63) is 35.9 Å². The number of benzene rings is 1. The van der Waals surface area contributed by atoms with Gasteiger partial charge in [-0.3, -0.25) is 4.79 Å². The van der Waals surface area contributed by atoms with Crippen LogP contribution in [0.25, 0.3) is 0 Å². The zero-order chi connectivity index (χ0) is 14.0. The van der Waals surface area contributed by atoms with Crippen LogP contribution in [0.3, 0.4) is 0 Å². The standard InChI is InChI=1S/C17H24O3/c18-17(16-10-11-16)20-13-7-2-1-6-12-19-14-15-8-4-3-5-9-15/h3-5,8-9,16H,1-2,6-7,10-14H2. The Morgan fingerprint density at radius 1 is 1.00 bits per heavy atom. The average molecular weight is 276 g/mol. The third-order valence-electron chi connectivity index (χ3n) is 3.45. The molecule has 1 aliphatic rings. The highest BCUT2D eigenvalue weighted by Gasteiger charge is 2.30. The van der Waals surface area contributed by atoms with Gasteiger partial charge in [-0.1, -0.05) is 36.8 Å². The van der Waals surface area contributed by atoms with Gasteiger partial charge < -0.3 is 9.47 Å². The van der Waals surface area contributed by atoms with Crippen LogP contribution < -0.4 is 0 Å². The van der Waals surface area contributed by atoms with E-state index in [0.717, 1.165) is 45.1 Å². The van der Waals surface area contributed by atoms with Gasteiger partial charge in [0.15, 0.2) is 0 Å². The summed E-state index contributed by atoms with van der Waals surface area (Å²) in [6.07, 6.45) is 6.33. The van der Waals surface area contributed by atoms with Crippen molar-refractivity contribution in [2.24, 2.45) is 5.92 Å². The van der Waals surface area contributed by atoms with Crippen molar-refractivity contribution in [1.82, 2.24) is 0 Å². The lowest BCUT2D eigenvalue weighted by Gasteiger charge is -2.05. The van der Waals surface area contributed by atoms with Crippen LogP contribution in [0.2, 0.25) is 0 Å². The second-order valence-corrected chi connectivity index (χ2v) is 5.39. The van der Waals surface area contributed by atoms with E-state index in [1.165, 1.54) is 5.56 Å². The normalized spacial score (nSPS) is 14.2. The number of hydrogen-bond donors (Lipinski definition) is 0. The summed E-state index contributed by atoms with van der Waals surface area (Å²) < 4.78 is 10.8. The molecule has 110 valence electrons. The van der Waals surface area contributed by atoms with E-state index in [-0.39, 0.29) is 11.9 Å². The molecule has 0 saturated heterocycles. The second kappa shape index (κ2) is 8.75. The molecule has 0 aliphatic heterocycles. The molecule has 1 fully saturated rings. The Morgan fingerprint density at radius 3 is 2.40 bits per heavy atom. The minimum Gasteiger partial charge on any atom is -0.465 e. The Bertz CT molecular complexity index is 384. The van der Waals surface area contributed by atoms with Gasteiger partial charge in [0.1, 0.15) is 0 Å². The summed E-state index contributed by atoms with van der Waals surface area (Å²) in [4.78, 5) is 11.3. The number of ether oxygens (including phenoxy) is 2. The molecule has 1 saturated carbocycles. The highest BCUT2D eigenvalue weighted by atomic mass is 16.5. The van der Waals surface area contributed by atoms with E-state index in [1.54, 1.807) is 0 Å². The molecule has 1 aliphatic carbocycles. The number of carbonyl (C=O) groups is 1. The fraction of sp³-hybridized carbons (Fsp3) is 0.588. The Hall–Kier alpha value is -1.35. The summed E-state index contributed by atoms with van der Waals surface area (Å²) >= 11 is 0. The fourth-order valence-corrected chi connectivity index (χ4v) is 2.03. The first-order chi connectivity index (χ1) is 9.86. The summed E-state index contributed by atoms with van der Waals surface area (Å²) in [5.41, 5.74) is 1.22. The van der Waals surface area contributed by atoms with Crippen LogP contribution in [-0.4, -0.2) is 19.2 Å². The van der Waals surface area contributed by atoms with Crippen molar-refractivity contribution in [3.63, 3.8) is 0 Å². The lowest BCUT2D eigenvalue weighted by Crippen LogP contribution is -2.07. The summed E-state index contributed by atoms with van der Waals surface area (Å²) in [7, 11) is 0. The molecule has 0 N–H and O–H groups in total. The minimum absolute atomic E-state index is 0.0104. The van der Waals surface area contributed by atoms with E-state index in [4.69, 9.17) is 9.47 Å². The van der Waals surface area contributed by atoms with Gasteiger partial charge >= 0.3 is 5.97 Å². The van der Waals surface area contributed by atoms with Crippen molar-refractivity contribution in [2.75, 3.05) is 13.2 Å². The van der Waals surface area contributed by atoms with Crippen molar-refractivity contribution >= 4 is 5.97 Å². The molecule has 0 bridgehead atoms. The predicted molar refractivity (Wildman–Crippen MR) is 78.2 cm³/mol. The Labute approximate surface area is 121 Å². The molecular weight excluding hydrogens is 252 g/mol. The molecule has 0 aromatic heterocycles. The summed E-state index contributed by atoms with van der Waals surface area (Å²) in [5, 5.41) is 0. The highest BCUT2D eigenvalue weighted by Crippen LogP contribution is 2.30. The van der Waals surface area contributed by atoms with Crippen molar-refractivity contribution in [2.45, 2.75) is 45.1 Å². The number of esters is 1. The topological polar surface area (TPSA) is 35.5 Å². The van der Waals surface area contributed by atoms with Crippen LogP contribution >= 0.6 is 0 Å². The molecule has 20 heavy (non-hydrogen) atoms. The Morgan fingerprint density at radius 2 is 1.70 bits per heavy atom. The van der Waals surface area contributed by atoms with Gasteiger partial charge in [-0.25, -0.2) is 0 Å². The molecule has 1 aromatic carbocycles. The molecule has 0 heterocycles. The fourth-order valence-electron chi connectivity index (χ4n) is 2.03. The first-order valence-corrected chi connectivity index (χ1v) is 7.64. The lowest BCUT2D eigenvalue weighted by molar-refractivity contribution is -0.145. The molecule has 2 rings (SSSR count). The van der Waals surface area contributed by atoms with Crippen LogP contribution in [0.1, 0.15) is 44.1 Å². The van der Waals surface area contributed by atoms with E-state index in [1.807, 2.05) is 18.2 Å². The van der Waals surface area contributed by atoms with Gasteiger partial charge in [0, 0.05) is 6.61 Å². The van der Waals surface area contributed by atoms with Gasteiger partial charge in [-0.05, 0) is 37.7 Å².